The Labute approximate surface area is 424 Å². The third-order valence-corrected chi connectivity index (χ3v) is 14.2. The van der Waals surface area contributed by atoms with Gasteiger partial charge in [-0.05, 0) is 154 Å². The average Bonchev–Trinajstić information content (AvgIpc) is 3.92. The molecule has 2 nitrogen and oxygen atoms in total. The van der Waals surface area contributed by atoms with E-state index in [1.807, 2.05) is 0 Å². The Morgan fingerprint density at radius 2 is 1.04 bits per heavy atom. The molecular formula is C70H56N2. The smallest absolute Gasteiger partial charge is 0.0708 e. The van der Waals surface area contributed by atoms with E-state index in [1.54, 1.807) is 0 Å². The Kier molecular flexibility index (Phi) is 12.3. The molecule has 72 heavy (non-hydrogen) atoms. The molecule has 0 saturated heterocycles. The first-order valence-electron chi connectivity index (χ1n) is 24.8. The van der Waals surface area contributed by atoms with Crippen LogP contribution < -0.4 is 4.90 Å². The van der Waals surface area contributed by atoms with Crippen molar-refractivity contribution in [2.45, 2.75) is 26.2 Å². The normalized spacial score (nSPS) is 14.2. The molecular weight excluding hydrogens is 869 g/mol. The van der Waals surface area contributed by atoms with Crippen molar-refractivity contribution in [3.8, 4) is 39.1 Å². The quantitative estimate of drug-likeness (QED) is 0.105. The predicted molar refractivity (Wildman–Crippen MR) is 308 cm³/mol. The Balaban J connectivity index is 1.04. The summed E-state index contributed by atoms with van der Waals surface area (Å²) in [7, 11) is 0. The standard InChI is InChI=1S/C70H56N2/c1-6-58(39-34-50(4)55-37-44-68-64(46-55)65-47-56(53-26-13-8-14-27-53)38-45-69(65)72(68)59-30-17-10-18-31-59)71(60-40-35-54(36-41-60)52-24-11-7-12-25-52)61-42-43-63-62-32-19-20-33-66(62)70(67(63)48-61,57-28-15-9-16-29-57)51(5)23-21-22-49(2)3/h6-48H,4-5H2,1-3H3/b23-21-,39-34-,58-6+. The fraction of sp³-hybridized carbons (Fsp3) is 0.0571. The van der Waals surface area contributed by atoms with Gasteiger partial charge >= 0.3 is 0 Å². The van der Waals surface area contributed by atoms with Crippen LogP contribution in [0.2, 0.25) is 0 Å². The van der Waals surface area contributed by atoms with E-state index in [-0.39, 0.29) is 0 Å². The molecule has 0 bridgehead atoms. The van der Waals surface area contributed by atoms with Gasteiger partial charge in [0, 0.05) is 33.5 Å². The van der Waals surface area contributed by atoms with Crippen LogP contribution in [0.25, 0.3) is 66.4 Å². The second-order valence-corrected chi connectivity index (χ2v) is 18.8. The van der Waals surface area contributed by atoms with Crippen molar-refractivity contribution >= 4 is 38.8 Å². The molecule has 1 aromatic heterocycles. The van der Waals surface area contributed by atoms with E-state index in [1.165, 1.54) is 66.4 Å². The summed E-state index contributed by atoms with van der Waals surface area (Å²) in [5, 5.41) is 2.39. The van der Waals surface area contributed by atoms with E-state index in [2.05, 4.69) is 291 Å². The van der Waals surface area contributed by atoms with Crippen LogP contribution in [0.3, 0.4) is 0 Å². The summed E-state index contributed by atoms with van der Waals surface area (Å²) in [6.45, 7) is 16.0. The fourth-order valence-corrected chi connectivity index (χ4v) is 10.8. The Bertz CT molecular complexity index is 3770. The molecule has 1 heterocycles. The van der Waals surface area contributed by atoms with Crippen molar-refractivity contribution in [1.29, 1.82) is 0 Å². The highest BCUT2D eigenvalue weighted by Gasteiger charge is 2.46. The molecule has 1 unspecified atom stereocenters. The molecule has 9 aromatic carbocycles. The SMILES string of the molecule is C=C(/C=C\C(=C/C)N(c1ccc(-c2ccccc2)cc1)c1ccc2c(c1)C(C(=C)/C=C\C=C(C)C)(c1ccccc1)c1ccccc1-2)c1ccc2c(c1)c1cc(-c3ccccc3)ccc1n2-c1ccccc1. The van der Waals surface area contributed by atoms with Gasteiger partial charge in [0.2, 0.25) is 0 Å². The van der Waals surface area contributed by atoms with Crippen LogP contribution in [0, 0.1) is 0 Å². The van der Waals surface area contributed by atoms with Gasteiger partial charge in [0.1, 0.15) is 0 Å². The van der Waals surface area contributed by atoms with Gasteiger partial charge in [-0.3, -0.25) is 0 Å². The number of allylic oxidation sites excluding steroid dienone is 9. The summed E-state index contributed by atoms with van der Waals surface area (Å²) in [5.74, 6) is 0. The maximum Gasteiger partial charge on any atom is 0.0708 e. The first-order chi connectivity index (χ1) is 35.3. The molecule has 0 aliphatic heterocycles. The van der Waals surface area contributed by atoms with Crippen LogP contribution in [-0.2, 0) is 5.41 Å². The van der Waals surface area contributed by atoms with Crippen molar-refractivity contribution in [1.82, 2.24) is 4.57 Å². The number of nitrogens with zero attached hydrogens (tertiary/aromatic N) is 2. The maximum absolute atomic E-state index is 4.89. The van der Waals surface area contributed by atoms with E-state index < -0.39 is 5.41 Å². The highest BCUT2D eigenvalue weighted by atomic mass is 15.1. The third-order valence-electron chi connectivity index (χ3n) is 14.2. The van der Waals surface area contributed by atoms with Gasteiger partial charge in [0.25, 0.3) is 0 Å². The lowest BCUT2D eigenvalue weighted by Crippen LogP contribution is -2.29. The zero-order chi connectivity index (χ0) is 49.2. The number of hydrogen-bond acceptors (Lipinski definition) is 1. The van der Waals surface area contributed by atoms with Crippen molar-refractivity contribution in [2.24, 2.45) is 0 Å². The summed E-state index contributed by atoms with van der Waals surface area (Å²) < 4.78 is 2.37. The molecule has 346 valence electrons. The monoisotopic (exact) mass is 924 g/mol. The first kappa shape index (κ1) is 45.5. The van der Waals surface area contributed by atoms with Gasteiger partial charge in [-0.1, -0.05) is 213 Å². The van der Waals surface area contributed by atoms with E-state index in [0.717, 1.165) is 50.5 Å². The van der Waals surface area contributed by atoms with E-state index in [4.69, 9.17) is 13.2 Å². The minimum Gasteiger partial charge on any atom is -0.311 e. The van der Waals surface area contributed by atoms with Crippen molar-refractivity contribution in [2.75, 3.05) is 4.90 Å². The number of rotatable bonds is 13. The molecule has 0 saturated carbocycles. The fourth-order valence-electron chi connectivity index (χ4n) is 10.8. The molecule has 1 atom stereocenters. The van der Waals surface area contributed by atoms with Gasteiger partial charge in [-0.25, -0.2) is 0 Å². The summed E-state index contributed by atoms with van der Waals surface area (Å²) in [4.78, 5) is 2.38. The number of fused-ring (bicyclic) bond motifs is 6. The van der Waals surface area contributed by atoms with Crippen LogP contribution in [-0.4, -0.2) is 4.57 Å². The molecule has 2 heteroatoms. The predicted octanol–water partition coefficient (Wildman–Crippen LogP) is 18.8. The highest BCUT2D eigenvalue weighted by Crippen LogP contribution is 2.57. The molecule has 11 rings (SSSR count). The lowest BCUT2D eigenvalue weighted by Gasteiger charge is -2.35. The van der Waals surface area contributed by atoms with Crippen molar-refractivity contribution < 1.29 is 0 Å². The molecule has 0 radical (unpaired) electrons. The Morgan fingerprint density at radius 1 is 0.486 bits per heavy atom. The lowest BCUT2D eigenvalue weighted by molar-refractivity contribution is 0.770. The number of benzene rings is 9. The van der Waals surface area contributed by atoms with Gasteiger partial charge in [0.15, 0.2) is 0 Å². The summed E-state index contributed by atoms with van der Waals surface area (Å²) in [6.07, 6.45) is 13.1. The van der Waals surface area contributed by atoms with E-state index in [0.29, 0.717) is 0 Å². The molecule has 0 fully saturated rings. The second kappa shape index (κ2) is 19.4. The summed E-state index contributed by atoms with van der Waals surface area (Å²) >= 11 is 0. The first-order valence-corrected chi connectivity index (χ1v) is 24.8. The number of aromatic nitrogens is 1. The summed E-state index contributed by atoms with van der Waals surface area (Å²) in [6, 6.07) is 81.1. The van der Waals surface area contributed by atoms with Crippen LogP contribution in [0.5, 0.6) is 0 Å². The zero-order valence-electron chi connectivity index (χ0n) is 41.1. The lowest BCUT2D eigenvalue weighted by atomic mass is 9.67. The molecule has 1 aliphatic rings. The number of para-hydroxylation sites is 1. The topological polar surface area (TPSA) is 8.17 Å². The minimum absolute atomic E-state index is 0.637. The minimum atomic E-state index is -0.637. The van der Waals surface area contributed by atoms with Crippen LogP contribution in [0.15, 0.2) is 291 Å². The van der Waals surface area contributed by atoms with E-state index >= 15 is 0 Å². The number of hydrogen-bond donors (Lipinski definition) is 0. The van der Waals surface area contributed by atoms with E-state index in [9.17, 15) is 0 Å². The maximum atomic E-state index is 4.89. The van der Waals surface area contributed by atoms with Gasteiger partial charge in [-0.2, -0.15) is 0 Å². The Morgan fingerprint density at radius 3 is 1.72 bits per heavy atom. The van der Waals surface area contributed by atoms with Gasteiger partial charge < -0.3 is 9.47 Å². The van der Waals surface area contributed by atoms with Gasteiger partial charge in [-0.15, -0.1) is 0 Å². The zero-order valence-corrected chi connectivity index (χ0v) is 41.1. The van der Waals surface area contributed by atoms with Crippen LogP contribution >= 0.6 is 0 Å². The molecule has 0 N–H and O–H groups in total. The largest absolute Gasteiger partial charge is 0.311 e. The second-order valence-electron chi connectivity index (χ2n) is 18.8. The molecule has 10 aromatic rings. The molecule has 0 spiro atoms. The molecule has 1 aliphatic carbocycles. The average molecular weight is 925 g/mol. The third kappa shape index (κ3) is 8.17. The van der Waals surface area contributed by atoms with Gasteiger partial charge in [0.05, 0.1) is 16.4 Å². The van der Waals surface area contributed by atoms with Crippen LogP contribution in [0.4, 0.5) is 11.4 Å². The van der Waals surface area contributed by atoms with Crippen molar-refractivity contribution in [3.63, 3.8) is 0 Å². The van der Waals surface area contributed by atoms with Crippen molar-refractivity contribution in [3.05, 3.63) is 313 Å². The van der Waals surface area contributed by atoms with Crippen LogP contribution in [0.1, 0.15) is 43.0 Å². The highest BCUT2D eigenvalue weighted by molar-refractivity contribution is 6.11. The summed E-state index contributed by atoms with van der Waals surface area (Å²) in [5.41, 5.74) is 20.9. The Hall–Kier alpha value is -8.98. The number of anilines is 2. The molecule has 0 amide bonds.